The van der Waals surface area contributed by atoms with Gasteiger partial charge in [0.25, 0.3) is 0 Å². The Morgan fingerprint density at radius 3 is 2.72 bits per heavy atom. The van der Waals surface area contributed by atoms with Crippen LogP contribution < -0.4 is 16.8 Å². The van der Waals surface area contributed by atoms with Crippen molar-refractivity contribution in [2.45, 2.75) is 32.3 Å². The molecule has 1 amide bonds. The van der Waals surface area contributed by atoms with Gasteiger partial charge >= 0.3 is 0 Å². The third-order valence-corrected chi connectivity index (χ3v) is 2.79. The number of primary amides is 1. The van der Waals surface area contributed by atoms with E-state index in [9.17, 15) is 9.90 Å². The van der Waals surface area contributed by atoms with Crippen molar-refractivity contribution in [3.63, 3.8) is 0 Å². The van der Waals surface area contributed by atoms with Crippen molar-refractivity contribution < 1.29 is 9.90 Å². The summed E-state index contributed by atoms with van der Waals surface area (Å²) in [6.07, 6.45) is 1.58. The molecule has 0 aliphatic rings. The molecule has 0 saturated heterocycles. The number of hydrogen-bond donors (Lipinski definition) is 4. The fourth-order valence-electron chi connectivity index (χ4n) is 1.78. The zero-order valence-corrected chi connectivity index (χ0v) is 10.9. The summed E-state index contributed by atoms with van der Waals surface area (Å²) in [7, 11) is 0. The minimum Gasteiger partial charge on any atom is -0.397 e. The smallest absolute Gasteiger partial charge is 0.248 e. The van der Waals surface area contributed by atoms with Gasteiger partial charge < -0.3 is 21.9 Å². The quantitative estimate of drug-likeness (QED) is 0.573. The second kappa shape index (κ2) is 5.73. The van der Waals surface area contributed by atoms with Crippen LogP contribution in [-0.4, -0.2) is 23.2 Å². The van der Waals surface area contributed by atoms with Crippen LogP contribution in [0.25, 0.3) is 0 Å². The van der Waals surface area contributed by atoms with Gasteiger partial charge in [-0.3, -0.25) is 4.79 Å². The molecule has 1 aromatic carbocycles. The molecule has 100 valence electrons. The SMILES string of the molecule is CCCC(C)(O)CNc1cc(C(N)=O)ccc1N. The highest BCUT2D eigenvalue weighted by molar-refractivity contribution is 5.94. The summed E-state index contributed by atoms with van der Waals surface area (Å²) in [5, 5.41) is 13.1. The molecule has 0 aromatic heterocycles. The molecule has 6 N–H and O–H groups in total. The number of carbonyl (C=O) groups is 1. The summed E-state index contributed by atoms with van der Waals surface area (Å²) < 4.78 is 0. The van der Waals surface area contributed by atoms with E-state index in [0.717, 1.165) is 6.42 Å². The molecule has 0 spiro atoms. The number of rotatable bonds is 6. The Labute approximate surface area is 107 Å². The van der Waals surface area contributed by atoms with Gasteiger partial charge in [-0.25, -0.2) is 0 Å². The van der Waals surface area contributed by atoms with Gasteiger partial charge in [0.1, 0.15) is 0 Å². The zero-order chi connectivity index (χ0) is 13.8. The normalized spacial score (nSPS) is 13.9. The van der Waals surface area contributed by atoms with E-state index in [1.54, 1.807) is 25.1 Å². The third kappa shape index (κ3) is 3.92. The van der Waals surface area contributed by atoms with Crippen LogP contribution in [0.1, 0.15) is 37.0 Å². The van der Waals surface area contributed by atoms with E-state index in [4.69, 9.17) is 11.5 Å². The van der Waals surface area contributed by atoms with Crippen molar-refractivity contribution in [3.05, 3.63) is 23.8 Å². The number of nitrogens with two attached hydrogens (primary N) is 2. The van der Waals surface area contributed by atoms with E-state index in [1.165, 1.54) is 0 Å². The van der Waals surface area contributed by atoms with Crippen LogP contribution in [0, 0.1) is 0 Å². The largest absolute Gasteiger partial charge is 0.397 e. The second-order valence-corrected chi connectivity index (χ2v) is 4.77. The molecule has 18 heavy (non-hydrogen) atoms. The Kier molecular flexibility index (Phi) is 4.55. The van der Waals surface area contributed by atoms with E-state index in [1.807, 2.05) is 6.92 Å². The Morgan fingerprint density at radius 2 is 2.17 bits per heavy atom. The second-order valence-electron chi connectivity index (χ2n) is 4.77. The zero-order valence-electron chi connectivity index (χ0n) is 10.9. The van der Waals surface area contributed by atoms with Crippen molar-refractivity contribution in [1.82, 2.24) is 0 Å². The van der Waals surface area contributed by atoms with Gasteiger partial charge in [0, 0.05) is 12.1 Å². The van der Waals surface area contributed by atoms with E-state index in [0.29, 0.717) is 29.9 Å². The minimum absolute atomic E-state index is 0.368. The summed E-state index contributed by atoms with van der Waals surface area (Å²) >= 11 is 0. The molecule has 0 aliphatic heterocycles. The van der Waals surface area contributed by atoms with E-state index >= 15 is 0 Å². The summed E-state index contributed by atoms with van der Waals surface area (Å²) in [5.74, 6) is -0.502. The average molecular weight is 251 g/mol. The molecule has 0 aliphatic carbocycles. The molecule has 1 unspecified atom stereocenters. The molecule has 5 nitrogen and oxygen atoms in total. The van der Waals surface area contributed by atoms with Gasteiger partial charge in [-0.1, -0.05) is 13.3 Å². The maximum Gasteiger partial charge on any atom is 0.248 e. The number of nitrogen functional groups attached to an aromatic ring is 1. The molecule has 1 aromatic rings. The molecule has 0 radical (unpaired) electrons. The van der Waals surface area contributed by atoms with Gasteiger partial charge in [-0.05, 0) is 31.5 Å². The maximum atomic E-state index is 11.1. The van der Waals surface area contributed by atoms with Gasteiger partial charge in [0.15, 0.2) is 0 Å². The number of amides is 1. The van der Waals surface area contributed by atoms with E-state index in [-0.39, 0.29) is 0 Å². The maximum absolute atomic E-state index is 11.1. The molecular formula is C13H21N3O2. The summed E-state index contributed by atoms with van der Waals surface area (Å²) in [5.41, 5.74) is 11.7. The molecular weight excluding hydrogens is 230 g/mol. The van der Waals surface area contributed by atoms with Crippen LogP contribution in [0.3, 0.4) is 0 Å². The first-order valence-corrected chi connectivity index (χ1v) is 6.01. The monoisotopic (exact) mass is 251 g/mol. The number of aliphatic hydroxyl groups is 1. The van der Waals surface area contributed by atoms with Crippen LogP contribution in [0.2, 0.25) is 0 Å². The highest BCUT2D eigenvalue weighted by atomic mass is 16.3. The van der Waals surface area contributed by atoms with Gasteiger partial charge in [-0.15, -0.1) is 0 Å². The van der Waals surface area contributed by atoms with Crippen LogP contribution in [0.4, 0.5) is 11.4 Å². The van der Waals surface area contributed by atoms with Crippen molar-refractivity contribution >= 4 is 17.3 Å². The van der Waals surface area contributed by atoms with Crippen molar-refractivity contribution in [3.8, 4) is 0 Å². The highest BCUT2D eigenvalue weighted by Gasteiger charge is 2.19. The highest BCUT2D eigenvalue weighted by Crippen LogP contribution is 2.21. The number of carbonyl (C=O) groups excluding carboxylic acids is 1. The van der Waals surface area contributed by atoms with Crippen LogP contribution in [0.15, 0.2) is 18.2 Å². The van der Waals surface area contributed by atoms with Gasteiger partial charge in [0.2, 0.25) is 5.91 Å². The topological polar surface area (TPSA) is 101 Å². The van der Waals surface area contributed by atoms with Gasteiger partial charge in [-0.2, -0.15) is 0 Å². The Hall–Kier alpha value is -1.75. The van der Waals surface area contributed by atoms with Crippen molar-refractivity contribution in [1.29, 1.82) is 0 Å². The first-order valence-electron chi connectivity index (χ1n) is 6.01. The third-order valence-electron chi connectivity index (χ3n) is 2.79. The molecule has 0 heterocycles. The first kappa shape index (κ1) is 14.3. The Morgan fingerprint density at radius 1 is 1.50 bits per heavy atom. The Bertz CT molecular complexity index is 430. The molecule has 0 saturated carbocycles. The molecule has 1 atom stereocenters. The Balaban J connectivity index is 2.78. The van der Waals surface area contributed by atoms with Crippen LogP contribution in [-0.2, 0) is 0 Å². The molecule has 1 rings (SSSR count). The van der Waals surface area contributed by atoms with E-state index in [2.05, 4.69) is 5.32 Å². The number of hydrogen-bond acceptors (Lipinski definition) is 4. The lowest BCUT2D eigenvalue weighted by Crippen LogP contribution is -2.33. The fraction of sp³-hybridized carbons (Fsp3) is 0.462. The molecule has 5 heteroatoms. The molecule has 0 bridgehead atoms. The van der Waals surface area contributed by atoms with Crippen molar-refractivity contribution in [2.75, 3.05) is 17.6 Å². The fourth-order valence-corrected chi connectivity index (χ4v) is 1.78. The predicted molar refractivity (Wildman–Crippen MR) is 73.4 cm³/mol. The summed E-state index contributed by atoms with van der Waals surface area (Å²) in [4.78, 5) is 11.1. The molecule has 0 fully saturated rings. The van der Waals surface area contributed by atoms with Crippen LogP contribution in [0.5, 0.6) is 0 Å². The minimum atomic E-state index is -0.802. The van der Waals surface area contributed by atoms with Gasteiger partial charge in [0.05, 0.1) is 17.0 Å². The summed E-state index contributed by atoms with van der Waals surface area (Å²) in [6.45, 7) is 4.14. The standard InChI is InChI=1S/C13H21N3O2/c1-3-6-13(2,18)8-16-11-7-9(12(15)17)4-5-10(11)14/h4-5,7,16,18H,3,6,8,14H2,1-2H3,(H2,15,17). The lowest BCUT2D eigenvalue weighted by molar-refractivity contribution is 0.0637. The number of anilines is 2. The lowest BCUT2D eigenvalue weighted by atomic mass is 10.0. The summed E-state index contributed by atoms with van der Waals surface area (Å²) in [6, 6.07) is 4.80. The average Bonchev–Trinajstić information content (AvgIpc) is 2.27. The van der Waals surface area contributed by atoms with E-state index < -0.39 is 11.5 Å². The number of benzene rings is 1. The number of nitrogens with one attached hydrogen (secondary N) is 1. The van der Waals surface area contributed by atoms with Crippen LogP contribution >= 0.6 is 0 Å². The predicted octanol–water partition coefficient (Wildman–Crippen LogP) is 1.33. The first-order chi connectivity index (χ1) is 8.35. The lowest BCUT2D eigenvalue weighted by Gasteiger charge is -2.24. The van der Waals surface area contributed by atoms with Crippen molar-refractivity contribution in [2.24, 2.45) is 5.73 Å².